The lowest BCUT2D eigenvalue weighted by Gasteiger charge is -2.15. The maximum absolute atomic E-state index is 12.0. The summed E-state index contributed by atoms with van der Waals surface area (Å²) >= 11 is 0. The molecule has 14 heavy (non-hydrogen) atoms. The smallest absolute Gasteiger partial charge is 0.305 e. The monoisotopic (exact) mass is 230 g/mol. The van der Waals surface area contributed by atoms with E-state index in [1.165, 1.54) is 0 Å². The van der Waals surface area contributed by atoms with Gasteiger partial charge in [-0.15, -0.1) is 0 Å². The van der Waals surface area contributed by atoms with Crippen molar-refractivity contribution < 1.29 is 39.9 Å². The first-order valence-corrected chi connectivity index (χ1v) is 2.86. The van der Waals surface area contributed by atoms with Gasteiger partial charge in [-0.3, -0.25) is 0 Å². The molecule has 0 aliphatic rings. The number of hydrogen-bond donors (Lipinski definition) is 0. The highest BCUT2D eigenvalue weighted by molar-refractivity contribution is 4.99. The van der Waals surface area contributed by atoms with Crippen LogP contribution in [-0.2, 0) is 4.74 Å². The predicted molar refractivity (Wildman–Crippen MR) is 27.3 cm³/mol. The molecule has 84 valence electrons. The number of hydrogen-bond acceptors (Lipinski definition) is 1. The first-order chi connectivity index (χ1) is 6.06. The summed E-state index contributed by atoms with van der Waals surface area (Å²) in [7, 11) is 0. The quantitative estimate of drug-likeness (QED) is 0.676. The van der Waals surface area contributed by atoms with Crippen LogP contribution in [0.4, 0.5) is 35.1 Å². The Morgan fingerprint density at radius 1 is 0.929 bits per heavy atom. The Morgan fingerprint density at radius 3 is 1.64 bits per heavy atom. The Hall–Kier alpha value is -0.860. The van der Waals surface area contributed by atoms with Crippen molar-refractivity contribution in [3.8, 4) is 0 Å². The maximum atomic E-state index is 12.0. The first-order valence-electron chi connectivity index (χ1n) is 2.86. The Bertz CT molecular complexity index is 224. The van der Waals surface area contributed by atoms with E-state index < -0.39 is 30.8 Å². The van der Waals surface area contributed by atoms with Gasteiger partial charge >= 0.3 is 18.4 Å². The Labute approximate surface area is 71.9 Å². The second-order valence-corrected chi connectivity index (χ2v) is 2.00. The van der Waals surface area contributed by atoms with Crippen LogP contribution in [0.5, 0.6) is 0 Å². The number of alkyl halides is 5. The third-order valence-corrected chi connectivity index (χ3v) is 0.839. The molecule has 0 bridgehead atoms. The average Bonchev–Trinajstić information content (AvgIpc) is 1.98. The van der Waals surface area contributed by atoms with E-state index in [9.17, 15) is 35.1 Å². The van der Waals surface area contributed by atoms with E-state index in [2.05, 4.69) is 4.74 Å². The summed E-state index contributed by atoms with van der Waals surface area (Å²) in [5.74, 6) is -3.33. The van der Waals surface area contributed by atoms with E-state index in [0.29, 0.717) is 0 Å². The highest BCUT2D eigenvalue weighted by atomic mass is 19.4. The number of rotatable bonds is 3. The SMILES string of the molecule is FC(F)=C(F)C(F)(F)OCC(F)(F)F. The van der Waals surface area contributed by atoms with Gasteiger partial charge < -0.3 is 4.74 Å². The summed E-state index contributed by atoms with van der Waals surface area (Å²) in [6, 6.07) is 0. The van der Waals surface area contributed by atoms with Crippen molar-refractivity contribution in [2.75, 3.05) is 6.61 Å². The van der Waals surface area contributed by atoms with Crippen molar-refractivity contribution in [3.05, 3.63) is 11.9 Å². The van der Waals surface area contributed by atoms with Gasteiger partial charge in [0, 0.05) is 0 Å². The lowest BCUT2D eigenvalue weighted by atomic mass is 10.5. The molecule has 0 amide bonds. The molecule has 0 aromatic heterocycles. The van der Waals surface area contributed by atoms with E-state index in [0.717, 1.165) is 0 Å². The summed E-state index contributed by atoms with van der Waals surface area (Å²) in [6.45, 7) is -2.53. The van der Waals surface area contributed by atoms with Crippen LogP contribution >= 0.6 is 0 Å². The van der Waals surface area contributed by atoms with E-state index >= 15 is 0 Å². The fourth-order valence-electron chi connectivity index (χ4n) is 0.346. The zero-order valence-electron chi connectivity index (χ0n) is 6.14. The van der Waals surface area contributed by atoms with E-state index in [4.69, 9.17) is 0 Å². The Morgan fingerprint density at radius 2 is 1.36 bits per heavy atom. The zero-order chi connectivity index (χ0) is 11.6. The first kappa shape index (κ1) is 13.1. The Kier molecular flexibility index (Phi) is 3.86. The van der Waals surface area contributed by atoms with Crippen molar-refractivity contribution in [3.63, 3.8) is 0 Å². The molecule has 0 unspecified atom stereocenters. The molecule has 0 aromatic rings. The summed E-state index contributed by atoms with van der Waals surface area (Å²) in [5.41, 5.74) is 0. The second-order valence-electron chi connectivity index (χ2n) is 2.00. The topological polar surface area (TPSA) is 9.23 Å². The van der Waals surface area contributed by atoms with Gasteiger partial charge in [0.25, 0.3) is 5.83 Å². The van der Waals surface area contributed by atoms with E-state index in [1.807, 2.05) is 0 Å². The van der Waals surface area contributed by atoms with Crippen molar-refractivity contribution in [1.82, 2.24) is 0 Å². The highest BCUT2D eigenvalue weighted by Crippen LogP contribution is 2.32. The molecule has 0 spiro atoms. The van der Waals surface area contributed by atoms with Crippen molar-refractivity contribution in [2.45, 2.75) is 12.3 Å². The zero-order valence-corrected chi connectivity index (χ0v) is 6.14. The number of halogens is 8. The molecule has 1 nitrogen and oxygen atoms in total. The van der Waals surface area contributed by atoms with Crippen LogP contribution < -0.4 is 0 Å². The molecule has 0 radical (unpaired) electrons. The van der Waals surface area contributed by atoms with Gasteiger partial charge in [-0.05, 0) is 0 Å². The molecule has 0 aliphatic carbocycles. The standard InChI is InChI=1S/C5H2F8O/c6-2(3(7)8)5(12,13)14-1-4(9,10)11/h1H2. The molecule has 0 fully saturated rings. The third-order valence-electron chi connectivity index (χ3n) is 0.839. The molecule has 0 aromatic carbocycles. The van der Waals surface area contributed by atoms with Crippen molar-refractivity contribution in [2.24, 2.45) is 0 Å². The fraction of sp³-hybridized carbons (Fsp3) is 0.600. The molecule has 0 heterocycles. The Balaban J connectivity index is 4.44. The second kappa shape index (κ2) is 4.11. The third kappa shape index (κ3) is 4.40. The summed E-state index contributed by atoms with van der Waals surface area (Å²) < 4.78 is 94.6. The van der Waals surface area contributed by atoms with Crippen molar-refractivity contribution in [1.29, 1.82) is 0 Å². The van der Waals surface area contributed by atoms with Crippen LogP contribution in [0, 0.1) is 0 Å². The van der Waals surface area contributed by atoms with Gasteiger partial charge in [0.05, 0.1) is 0 Å². The maximum Gasteiger partial charge on any atom is 0.415 e. The molecule has 0 aliphatic heterocycles. The lowest BCUT2D eigenvalue weighted by Crippen LogP contribution is -2.29. The largest absolute Gasteiger partial charge is 0.415 e. The summed E-state index contributed by atoms with van der Waals surface area (Å²) in [6.07, 6.45) is -13.9. The highest BCUT2D eigenvalue weighted by Gasteiger charge is 2.44. The molecule has 0 rings (SSSR count). The molecular formula is C5H2F8O. The van der Waals surface area contributed by atoms with Crippen LogP contribution in [0.25, 0.3) is 0 Å². The molecule has 0 saturated carbocycles. The van der Waals surface area contributed by atoms with Crippen molar-refractivity contribution >= 4 is 0 Å². The van der Waals surface area contributed by atoms with Crippen LogP contribution in [0.1, 0.15) is 0 Å². The average molecular weight is 230 g/mol. The molecule has 9 heteroatoms. The van der Waals surface area contributed by atoms with Gasteiger partial charge in [-0.1, -0.05) is 0 Å². The molecule has 0 atom stereocenters. The van der Waals surface area contributed by atoms with Gasteiger partial charge in [-0.2, -0.15) is 35.1 Å². The lowest BCUT2D eigenvalue weighted by molar-refractivity contribution is -0.277. The molecule has 0 saturated heterocycles. The van der Waals surface area contributed by atoms with E-state index in [1.54, 1.807) is 0 Å². The summed E-state index contributed by atoms with van der Waals surface area (Å²) in [5, 5.41) is 0. The van der Waals surface area contributed by atoms with Gasteiger partial charge in [0.15, 0.2) is 0 Å². The minimum atomic E-state index is -5.27. The molecule has 0 N–H and O–H groups in total. The van der Waals surface area contributed by atoms with Crippen LogP contribution in [0.2, 0.25) is 0 Å². The fourth-order valence-corrected chi connectivity index (χ4v) is 0.346. The number of ether oxygens (including phenoxy) is 1. The van der Waals surface area contributed by atoms with Gasteiger partial charge in [0.1, 0.15) is 6.61 Å². The minimum Gasteiger partial charge on any atom is -0.305 e. The summed E-state index contributed by atoms with van der Waals surface area (Å²) in [4.78, 5) is 0. The van der Waals surface area contributed by atoms with Gasteiger partial charge in [-0.25, -0.2) is 0 Å². The van der Waals surface area contributed by atoms with E-state index in [-0.39, 0.29) is 0 Å². The normalized spacial score (nSPS) is 12.9. The van der Waals surface area contributed by atoms with Crippen LogP contribution in [-0.4, -0.2) is 18.9 Å². The van der Waals surface area contributed by atoms with Crippen LogP contribution in [0.3, 0.4) is 0 Å². The minimum absolute atomic E-state index is 2.53. The van der Waals surface area contributed by atoms with Crippen LogP contribution in [0.15, 0.2) is 11.9 Å². The predicted octanol–water partition coefficient (Wildman–Crippen LogP) is 3.24. The van der Waals surface area contributed by atoms with Gasteiger partial charge in [0.2, 0.25) is 0 Å². The molecular weight excluding hydrogens is 228 g/mol.